The van der Waals surface area contributed by atoms with E-state index in [0.29, 0.717) is 12.1 Å². The summed E-state index contributed by atoms with van der Waals surface area (Å²) in [4.78, 5) is 17.1. The lowest BCUT2D eigenvalue weighted by Gasteiger charge is -2.12. The highest BCUT2D eigenvalue weighted by Crippen LogP contribution is 2.35. The third-order valence-electron chi connectivity index (χ3n) is 5.13. The van der Waals surface area contributed by atoms with Crippen LogP contribution in [0.5, 0.6) is 0 Å². The molecule has 2 heterocycles. The number of aryl methyl sites for hydroxylation is 2. The standard InChI is InChI=1S/C21H23N3O3S2/c1-13-3-6-15(7-4-13)10-22-20(25)16-8-5-14(2)17(9-16)23-21-24-18-11-29(26,27)12-19(18)28-21/h3-9,18-19H,10-12H2,1-2H3,(H,22,25)(H,23,24)/t18-,19+/m1/s1. The Kier molecular flexibility index (Phi) is 5.40. The van der Waals surface area contributed by atoms with Gasteiger partial charge in [-0.2, -0.15) is 0 Å². The molecular weight excluding hydrogens is 406 g/mol. The summed E-state index contributed by atoms with van der Waals surface area (Å²) in [7, 11) is -2.97. The number of rotatable bonds is 4. The van der Waals surface area contributed by atoms with Crippen molar-refractivity contribution in [3.8, 4) is 0 Å². The highest BCUT2D eigenvalue weighted by atomic mass is 32.2. The molecular formula is C21H23N3O3S2. The summed E-state index contributed by atoms with van der Waals surface area (Å²) in [6.07, 6.45) is 0. The molecule has 2 aromatic carbocycles. The van der Waals surface area contributed by atoms with E-state index in [1.165, 1.54) is 17.3 Å². The fourth-order valence-electron chi connectivity index (χ4n) is 3.42. The van der Waals surface area contributed by atoms with Crippen LogP contribution in [0, 0.1) is 13.8 Å². The molecule has 0 radical (unpaired) electrons. The lowest BCUT2D eigenvalue weighted by Crippen LogP contribution is -2.23. The Morgan fingerprint density at radius 1 is 1.14 bits per heavy atom. The number of hydrogen-bond acceptors (Lipinski definition) is 6. The van der Waals surface area contributed by atoms with Crippen LogP contribution in [-0.2, 0) is 16.4 Å². The summed E-state index contributed by atoms with van der Waals surface area (Å²) in [5, 5.41) is 6.93. The number of fused-ring (bicyclic) bond motifs is 1. The summed E-state index contributed by atoms with van der Waals surface area (Å²) in [6.45, 7) is 4.46. The zero-order chi connectivity index (χ0) is 20.6. The van der Waals surface area contributed by atoms with Gasteiger partial charge in [-0.05, 0) is 37.1 Å². The van der Waals surface area contributed by atoms with E-state index in [2.05, 4.69) is 15.6 Å². The lowest BCUT2D eigenvalue weighted by molar-refractivity contribution is 0.0951. The first-order chi connectivity index (χ1) is 13.8. The Hall–Kier alpha value is -2.32. The first-order valence-corrected chi connectivity index (χ1v) is 12.2. The van der Waals surface area contributed by atoms with Crippen molar-refractivity contribution < 1.29 is 13.2 Å². The van der Waals surface area contributed by atoms with Crippen molar-refractivity contribution in [3.05, 3.63) is 64.7 Å². The molecule has 6 nitrogen and oxygen atoms in total. The maximum Gasteiger partial charge on any atom is 0.251 e. The maximum absolute atomic E-state index is 12.6. The zero-order valence-electron chi connectivity index (χ0n) is 16.3. The van der Waals surface area contributed by atoms with Crippen LogP contribution in [0.25, 0.3) is 0 Å². The van der Waals surface area contributed by atoms with E-state index >= 15 is 0 Å². The predicted octanol–water partition coefficient (Wildman–Crippen LogP) is 2.91. The highest BCUT2D eigenvalue weighted by Gasteiger charge is 2.42. The molecule has 2 N–H and O–H groups in total. The van der Waals surface area contributed by atoms with Crippen molar-refractivity contribution in [3.63, 3.8) is 0 Å². The summed E-state index contributed by atoms with van der Waals surface area (Å²) < 4.78 is 23.4. The summed E-state index contributed by atoms with van der Waals surface area (Å²) >= 11 is 1.47. The molecule has 0 aliphatic carbocycles. The molecule has 1 saturated heterocycles. The second-order valence-corrected chi connectivity index (χ2v) is 10.9. The lowest BCUT2D eigenvalue weighted by atomic mass is 10.1. The van der Waals surface area contributed by atoms with E-state index in [1.54, 1.807) is 6.07 Å². The van der Waals surface area contributed by atoms with Crippen molar-refractivity contribution in [1.82, 2.24) is 5.32 Å². The number of sulfone groups is 1. The number of carbonyl (C=O) groups excluding carboxylic acids is 1. The van der Waals surface area contributed by atoms with Crippen molar-refractivity contribution in [2.24, 2.45) is 4.99 Å². The summed E-state index contributed by atoms with van der Waals surface area (Å²) in [5.74, 6) is 0.158. The van der Waals surface area contributed by atoms with Gasteiger partial charge in [-0.25, -0.2) is 8.42 Å². The maximum atomic E-state index is 12.6. The number of nitrogens with one attached hydrogen (secondary N) is 2. The Balaban J connectivity index is 1.42. The van der Waals surface area contributed by atoms with Gasteiger partial charge in [0, 0.05) is 23.0 Å². The molecule has 0 saturated carbocycles. The van der Waals surface area contributed by atoms with Crippen LogP contribution in [0.4, 0.5) is 5.69 Å². The number of nitrogens with zero attached hydrogens (tertiary/aromatic N) is 1. The van der Waals surface area contributed by atoms with Crippen LogP contribution >= 0.6 is 11.8 Å². The monoisotopic (exact) mass is 429 g/mol. The normalized spacial score (nSPS) is 22.1. The van der Waals surface area contributed by atoms with E-state index in [9.17, 15) is 13.2 Å². The van der Waals surface area contributed by atoms with Gasteiger partial charge < -0.3 is 10.6 Å². The molecule has 0 spiro atoms. The van der Waals surface area contributed by atoms with E-state index in [-0.39, 0.29) is 28.7 Å². The second kappa shape index (κ2) is 7.84. The topological polar surface area (TPSA) is 87.6 Å². The number of carbonyl (C=O) groups is 1. The van der Waals surface area contributed by atoms with Crippen molar-refractivity contribution in [2.75, 3.05) is 16.8 Å². The van der Waals surface area contributed by atoms with Crippen LogP contribution in [0.1, 0.15) is 27.0 Å². The van der Waals surface area contributed by atoms with E-state index in [4.69, 9.17) is 0 Å². The van der Waals surface area contributed by atoms with Gasteiger partial charge in [-0.1, -0.05) is 47.7 Å². The Morgan fingerprint density at radius 3 is 2.62 bits per heavy atom. The quantitative estimate of drug-likeness (QED) is 0.780. The third kappa shape index (κ3) is 4.64. The third-order valence-corrected chi connectivity index (χ3v) is 8.27. The highest BCUT2D eigenvalue weighted by molar-refractivity contribution is 8.15. The number of aliphatic imine (C=N–C) groups is 1. The SMILES string of the molecule is Cc1ccc(CNC(=O)c2ccc(C)c(NC3=N[C@@H]4CS(=O)(=O)C[C@@H]4S3)c2)cc1. The zero-order valence-corrected chi connectivity index (χ0v) is 17.9. The molecule has 0 unspecified atom stereocenters. The minimum absolute atomic E-state index is 0.0104. The molecule has 2 aromatic rings. The van der Waals surface area contributed by atoms with Gasteiger partial charge in [0.25, 0.3) is 5.91 Å². The van der Waals surface area contributed by atoms with Gasteiger partial charge in [0.1, 0.15) is 0 Å². The molecule has 2 aliphatic heterocycles. The molecule has 1 amide bonds. The number of amidine groups is 1. The van der Waals surface area contributed by atoms with Gasteiger partial charge >= 0.3 is 0 Å². The minimum atomic E-state index is -2.97. The molecule has 0 bridgehead atoms. The molecule has 1 fully saturated rings. The number of amides is 1. The molecule has 8 heteroatoms. The number of thioether (sulfide) groups is 1. The Labute approximate surface area is 175 Å². The van der Waals surface area contributed by atoms with Gasteiger partial charge in [-0.3, -0.25) is 9.79 Å². The van der Waals surface area contributed by atoms with Gasteiger partial charge in [-0.15, -0.1) is 0 Å². The number of benzene rings is 2. The minimum Gasteiger partial charge on any atom is -0.348 e. The number of hydrogen-bond donors (Lipinski definition) is 2. The van der Waals surface area contributed by atoms with E-state index < -0.39 is 9.84 Å². The fourth-order valence-corrected chi connectivity index (χ4v) is 7.09. The first-order valence-electron chi connectivity index (χ1n) is 9.45. The largest absolute Gasteiger partial charge is 0.348 e. The van der Waals surface area contributed by atoms with Crippen LogP contribution in [-0.4, -0.2) is 42.3 Å². The molecule has 2 atom stereocenters. The predicted molar refractivity (Wildman–Crippen MR) is 118 cm³/mol. The van der Waals surface area contributed by atoms with Gasteiger partial charge in [0.15, 0.2) is 15.0 Å². The molecule has 2 aliphatic rings. The van der Waals surface area contributed by atoms with Crippen LogP contribution in [0.2, 0.25) is 0 Å². The van der Waals surface area contributed by atoms with E-state index in [1.807, 2.05) is 50.2 Å². The van der Waals surface area contributed by atoms with Crippen molar-refractivity contribution >= 4 is 38.4 Å². The first kappa shape index (κ1) is 20.0. The smallest absolute Gasteiger partial charge is 0.251 e. The molecule has 0 aromatic heterocycles. The van der Waals surface area contributed by atoms with E-state index in [0.717, 1.165) is 22.0 Å². The van der Waals surface area contributed by atoms with Crippen LogP contribution in [0.3, 0.4) is 0 Å². The van der Waals surface area contributed by atoms with Gasteiger partial charge in [0.05, 0.1) is 17.5 Å². The molecule has 152 valence electrons. The molecule has 29 heavy (non-hydrogen) atoms. The Morgan fingerprint density at radius 2 is 1.90 bits per heavy atom. The van der Waals surface area contributed by atoms with Crippen molar-refractivity contribution in [2.45, 2.75) is 31.7 Å². The van der Waals surface area contributed by atoms with Crippen LogP contribution < -0.4 is 10.6 Å². The van der Waals surface area contributed by atoms with Gasteiger partial charge in [0.2, 0.25) is 0 Å². The summed E-state index contributed by atoms with van der Waals surface area (Å²) in [6, 6.07) is 13.4. The average molecular weight is 430 g/mol. The average Bonchev–Trinajstić information content (AvgIpc) is 3.15. The fraction of sp³-hybridized carbons (Fsp3) is 0.333. The van der Waals surface area contributed by atoms with Crippen LogP contribution in [0.15, 0.2) is 47.5 Å². The van der Waals surface area contributed by atoms with Crippen molar-refractivity contribution in [1.29, 1.82) is 0 Å². The number of anilines is 1. The second-order valence-electron chi connectivity index (χ2n) is 7.56. The Bertz CT molecular complexity index is 1080. The summed E-state index contributed by atoms with van der Waals surface area (Å²) in [5.41, 5.74) is 4.60. The molecule has 4 rings (SSSR count).